The second-order valence-corrected chi connectivity index (χ2v) is 5.16. The zero-order valence-corrected chi connectivity index (χ0v) is 12.6. The highest BCUT2D eigenvalue weighted by Gasteiger charge is 2.19. The maximum atomic E-state index is 12.8. The van der Waals surface area contributed by atoms with E-state index in [0.29, 0.717) is 17.1 Å². The second-order valence-electron chi connectivity index (χ2n) is 5.16. The van der Waals surface area contributed by atoms with Crippen molar-refractivity contribution in [3.05, 3.63) is 53.0 Å². The van der Waals surface area contributed by atoms with Gasteiger partial charge >= 0.3 is 0 Å². The van der Waals surface area contributed by atoms with E-state index in [9.17, 15) is 14.0 Å². The highest BCUT2D eigenvalue weighted by Crippen LogP contribution is 2.11. The number of amides is 1. The Morgan fingerprint density at radius 3 is 2.45 bits per heavy atom. The maximum absolute atomic E-state index is 12.8. The molecule has 0 spiro atoms. The topological polar surface area (TPSA) is 72.2 Å². The van der Waals surface area contributed by atoms with Gasteiger partial charge < -0.3 is 9.73 Å². The van der Waals surface area contributed by atoms with Crippen molar-refractivity contribution < 1.29 is 18.4 Å². The van der Waals surface area contributed by atoms with Crippen LogP contribution in [-0.4, -0.2) is 22.7 Å². The Morgan fingerprint density at radius 2 is 1.91 bits per heavy atom. The van der Waals surface area contributed by atoms with Gasteiger partial charge in [-0.15, -0.1) is 0 Å². The summed E-state index contributed by atoms with van der Waals surface area (Å²) in [6, 6.07) is 4.94. The number of carbonyl (C=O) groups is 2. The van der Waals surface area contributed by atoms with Crippen LogP contribution in [0.1, 0.15) is 45.8 Å². The molecule has 1 N–H and O–H groups in total. The van der Waals surface area contributed by atoms with Crippen LogP contribution in [0, 0.1) is 19.7 Å². The van der Waals surface area contributed by atoms with Crippen molar-refractivity contribution in [3.63, 3.8) is 0 Å². The summed E-state index contributed by atoms with van der Waals surface area (Å²) in [5.41, 5.74) is 0.918. The molecule has 22 heavy (non-hydrogen) atoms. The van der Waals surface area contributed by atoms with Gasteiger partial charge in [-0.05, 0) is 38.1 Å². The van der Waals surface area contributed by atoms with Crippen molar-refractivity contribution in [3.8, 4) is 0 Å². The number of nitrogens with zero attached hydrogens (tertiary/aromatic N) is 1. The van der Waals surface area contributed by atoms with Gasteiger partial charge in [-0.3, -0.25) is 9.59 Å². The number of rotatable bonds is 5. The number of hydrogen-bond acceptors (Lipinski definition) is 4. The van der Waals surface area contributed by atoms with Crippen LogP contribution in [0.2, 0.25) is 0 Å². The number of Topliss-reactive ketones (excluding diaryl/α,β-unsaturated/α-hetero) is 1. The summed E-state index contributed by atoms with van der Waals surface area (Å²) in [5.74, 6) is -0.402. The zero-order chi connectivity index (χ0) is 16.3. The monoisotopic (exact) mass is 304 g/mol. The quantitative estimate of drug-likeness (QED) is 0.862. The number of ketones is 1. The molecule has 2 rings (SSSR count). The molecule has 0 saturated heterocycles. The Morgan fingerprint density at radius 1 is 1.27 bits per heavy atom. The summed E-state index contributed by atoms with van der Waals surface area (Å²) in [6.07, 6.45) is 0.115. The lowest BCUT2D eigenvalue weighted by atomic mass is 10.0. The van der Waals surface area contributed by atoms with Crippen LogP contribution in [0.5, 0.6) is 0 Å². The lowest BCUT2D eigenvalue weighted by Crippen LogP contribution is -2.34. The van der Waals surface area contributed by atoms with Crippen molar-refractivity contribution in [2.75, 3.05) is 0 Å². The average Bonchev–Trinajstić information content (AvgIpc) is 2.78. The normalized spacial score (nSPS) is 12.0. The van der Waals surface area contributed by atoms with E-state index in [2.05, 4.69) is 10.3 Å². The van der Waals surface area contributed by atoms with E-state index in [0.717, 1.165) is 0 Å². The first-order valence-corrected chi connectivity index (χ1v) is 6.90. The van der Waals surface area contributed by atoms with Crippen LogP contribution in [0.15, 0.2) is 28.7 Å². The van der Waals surface area contributed by atoms with Gasteiger partial charge in [-0.1, -0.05) is 0 Å². The van der Waals surface area contributed by atoms with E-state index < -0.39 is 11.7 Å². The van der Waals surface area contributed by atoms with Crippen molar-refractivity contribution >= 4 is 11.7 Å². The van der Waals surface area contributed by atoms with E-state index in [1.165, 1.54) is 24.3 Å². The average molecular weight is 304 g/mol. The number of benzene rings is 1. The van der Waals surface area contributed by atoms with E-state index in [1.807, 2.05) is 0 Å². The fraction of sp³-hybridized carbons (Fsp3) is 0.312. The molecule has 0 aliphatic carbocycles. The third kappa shape index (κ3) is 3.78. The molecule has 116 valence electrons. The van der Waals surface area contributed by atoms with E-state index in [-0.39, 0.29) is 24.0 Å². The highest BCUT2D eigenvalue weighted by molar-refractivity contribution is 5.97. The molecule has 5 nitrogen and oxygen atoms in total. The summed E-state index contributed by atoms with van der Waals surface area (Å²) >= 11 is 0. The number of hydrogen-bond donors (Lipinski definition) is 1. The Balaban J connectivity index is 1.96. The van der Waals surface area contributed by atoms with Gasteiger partial charge in [0, 0.05) is 24.9 Å². The molecule has 6 heteroatoms. The fourth-order valence-corrected chi connectivity index (χ4v) is 2.11. The number of nitrogens with one attached hydrogen (secondary N) is 1. The predicted molar refractivity (Wildman–Crippen MR) is 78.3 cm³/mol. The number of halogens is 1. The van der Waals surface area contributed by atoms with Gasteiger partial charge in [0.05, 0.1) is 5.69 Å². The molecule has 0 fully saturated rings. The Labute approximate surface area is 127 Å². The van der Waals surface area contributed by atoms with Gasteiger partial charge in [0.2, 0.25) is 5.76 Å². The molecule has 0 saturated carbocycles. The van der Waals surface area contributed by atoms with Crippen LogP contribution in [-0.2, 0) is 0 Å². The lowest BCUT2D eigenvalue weighted by molar-refractivity contribution is 0.0894. The van der Waals surface area contributed by atoms with Gasteiger partial charge in [0.1, 0.15) is 5.82 Å². The summed E-state index contributed by atoms with van der Waals surface area (Å²) in [4.78, 5) is 28.1. The number of aryl methyl sites for hydroxylation is 2. The van der Waals surface area contributed by atoms with Crippen molar-refractivity contribution in [1.82, 2.24) is 10.3 Å². The molecule has 0 radical (unpaired) electrons. The van der Waals surface area contributed by atoms with E-state index in [1.54, 1.807) is 20.8 Å². The van der Waals surface area contributed by atoms with Crippen LogP contribution in [0.25, 0.3) is 0 Å². The van der Waals surface area contributed by atoms with E-state index >= 15 is 0 Å². The molecule has 1 unspecified atom stereocenters. The molecular weight excluding hydrogens is 287 g/mol. The number of aromatic nitrogens is 1. The van der Waals surface area contributed by atoms with Crippen molar-refractivity contribution in [2.24, 2.45) is 0 Å². The summed E-state index contributed by atoms with van der Waals surface area (Å²) in [6.45, 7) is 5.06. The first kappa shape index (κ1) is 15.9. The second kappa shape index (κ2) is 6.51. The van der Waals surface area contributed by atoms with Crippen molar-refractivity contribution in [2.45, 2.75) is 33.2 Å². The third-order valence-electron chi connectivity index (χ3n) is 3.15. The molecule has 1 aromatic heterocycles. The minimum absolute atomic E-state index is 0.115. The van der Waals surface area contributed by atoms with Crippen LogP contribution in [0.4, 0.5) is 4.39 Å². The Kier molecular flexibility index (Phi) is 4.70. The predicted octanol–water partition coefficient (Wildman–Crippen LogP) is 2.82. The summed E-state index contributed by atoms with van der Waals surface area (Å²) in [5, 5.41) is 2.69. The van der Waals surface area contributed by atoms with Gasteiger partial charge in [0.25, 0.3) is 5.91 Å². The van der Waals surface area contributed by atoms with E-state index in [4.69, 9.17) is 4.42 Å². The van der Waals surface area contributed by atoms with Crippen LogP contribution < -0.4 is 5.32 Å². The number of carbonyl (C=O) groups excluding carboxylic acids is 2. The molecule has 1 atom stereocenters. The molecule has 1 amide bonds. The molecule has 1 heterocycles. The molecule has 0 bridgehead atoms. The standard InChI is InChI=1S/C16H17FN2O3/c1-9(8-14(20)12-4-6-13(17)7-5-12)18-16(21)15-10(2)19-11(3)22-15/h4-7,9H,8H2,1-3H3,(H,18,21). The first-order chi connectivity index (χ1) is 10.4. The summed E-state index contributed by atoms with van der Waals surface area (Å²) < 4.78 is 18.1. The fourth-order valence-electron chi connectivity index (χ4n) is 2.11. The molecule has 1 aromatic carbocycles. The van der Waals surface area contributed by atoms with Gasteiger partial charge in [-0.2, -0.15) is 0 Å². The highest BCUT2D eigenvalue weighted by atomic mass is 19.1. The smallest absolute Gasteiger partial charge is 0.289 e. The number of oxazole rings is 1. The summed E-state index contributed by atoms with van der Waals surface area (Å²) in [7, 11) is 0. The maximum Gasteiger partial charge on any atom is 0.289 e. The van der Waals surface area contributed by atoms with Gasteiger partial charge in [0.15, 0.2) is 11.7 Å². The Bertz CT molecular complexity index is 692. The Hall–Kier alpha value is -2.50. The van der Waals surface area contributed by atoms with Gasteiger partial charge in [-0.25, -0.2) is 9.37 Å². The lowest BCUT2D eigenvalue weighted by Gasteiger charge is -2.12. The molecule has 0 aliphatic heterocycles. The van der Waals surface area contributed by atoms with Crippen molar-refractivity contribution in [1.29, 1.82) is 0 Å². The zero-order valence-electron chi connectivity index (χ0n) is 12.6. The minimum Gasteiger partial charge on any atom is -0.436 e. The minimum atomic E-state index is -0.405. The SMILES string of the molecule is Cc1nc(C)c(C(=O)NC(C)CC(=O)c2ccc(F)cc2)o1. The molecule has 2 aromatic rings. The molecular formula is C16H17FN2O3. The van der Waals surface area contributed by atoms with Crippen LogP contribution in [0.3, 0.4) is 0 Å². The van der Waals surface area contributed by atoms with Crippen LogP contribution >= 0.6 is 0 Å². The first-order valence-electron chi connectivity index (χ1n) is 6.90. The molecule has 0 aliphatic rings. The largest absolute Gasteiger partial charge is 0.436 e. The third-order valence-corrected chi connectivity index (χ3v) is 3.15.